The molecule has 0 fully saturated rings. The van der Waals surface area contributed by atoms with Crippen LogP contribution in [0.15, 0.2) is 24.4 Å². The summed E-state index contributed by atoms with van der Waals surface area (Å²) in [6.45, 7) is 2.28. The van der Waals surface area contributed by atoms with E-state index in [1.54, 1.807) is 17.5 Å². The van der Waals surface area contributed by atoms with Crippen LogP contribution in [0.5, 0.6) is 0 Å². The van der Waals surface area contributed by atoms with E-state index in [0.717, 1.165) is 29.1 Å². The molecule has 1 amide bonds. The van der Waals surface area contributed by atoms with Crippen LogP contribution in [0.4, 0.5) is 5.00 Å². The zero-order valence-corrected chi connectivity index (χ0v) is 12.7. The maximum atomic E-state index is 12.5. The highest BCUT2D eigenvalue weighted by molar-refractivity contribution is 7.16. The summed E-state index contributed by atoms with van der Waals surface area (Å²) in [5.74, 6) is 0.749. The standard InChI is InChI=1S/C16H17N3OS/c1-9-5-6-10-12(8-9)21-16-13(10)15(20)18-14(19-16)11-4-2-3-7-17-11/h2-4,7,9,14,19H,5-6,8H2,1H3,(H,18,20)/t9-,14+/m0/s1. The lowest BCUT2D eigenvalue weighted by Crippen LogP contribution is -2.38. The van der Waals surface area contributed by atoms with Gasteiger partial charge in [0, 0.05) is 11.1 Å². The third kappa shape index (κ3) is 2.12. The average Bonchev–Trinajstić information content (AvgIpc) is 2.85. The zero-order chi connectivity index (χ0) is 14.4. The van der Waals surface area contributed by atoms with Crippen molar-refractivity contribution in [1.82, 2.24) is 10.3 Å². The minimum Gasteiger partial charge on any atom is -0.351 e. The highest BCUT2D eigenvalue weighted by Crippen LogP contribution is 2.42. The molecule has 0 aromatic carbocycles. The Hall–Kier alpha value is -1.88. The van der Waals surface area contributed by atoms with E-state index in [1.165, 1.54) is 16.9 Å². The number of hydrogen-bond donors (Lipinski definition) is 2. The van der Waals surface area contributed by atoms with Crippen LogP contribution in [-0.2, 0) is 12.8 Å². The van der Waals surface area contributed by atoms with Crippen molar-refractivity contribution in [2.75, 3.05) is 5.32 Å². The van der Waals surface area contributed by atoms with Crippen LogP contribution in [0, 0.1) is 5.92 Å². The van der Waals surface area contributed by atoms with Gasteiger partial charge in [0.2, 0.25) is 0 Å². The Morgan fingerprint density at radius 1 is 1.33 bits per heavy atom. The molecule has 0 saturated heterocycles. The van der Waals surface area contributed by atoms with Crippen LogP contribution < -0.4 is 10.6 Å². The number of nitrogens with one attached hydrogen (secondary N) is 2. The molecule has 3 heterocycles. The van der Waals surface area contributed by atoms with Crippen LogP contribution in [-0.4, -0.2) is 10.9 Å². The second-order valence-electron chi connectivity index (χ2n) is 5.86. The summed E-state index contributed by atoms with van der Waals surface area (Å²) >= 11 is 1.74. The highest BCUT2D eigenvalue weighted by Gasteiger charge is 2.33. The molecular weight excluding hydrogens is 282 g/mol. The minimum atomic E-state index is -0.233. The van der Waals surface area contributed by atoms with Crippen LogP contribution >= 0.6 is 11.3 Å². The fraction of sp³-hybridized carbons (Fsp3) is 0.375. The maximum Gasteiger partial charge on any atom is 0.256 e. The molecule has 2 aromatic rings. The quantitative estimate of drug-likeness (QED) is 0.850. The number of hydrogen-bond acceptors (Lipinski definition) is 4. The van der Waals surface area contributed by atoms with E-state index in [1.807, 2.05) is 18.2 Å². The van der Waals surface area contributed by atoms with Gasteiger partial charge >= 0.3 is 0 Å². The maximum absolute atomic E-state index is 12.5. The molecule has 0 unspecified atom stereocenters. The number of carbonyl (C=O) groups excluding carboxylic acids is 1. The Balaban J connectivity index is 1.71. The SMILES string of the molecule is C[C@H]1CCc2c(sc3c2C(=O)N[C@@H](c2ccccn2)N3)C1. The van der Waals surface area contributed by atoms with E-state index in [-0.39, 0.29) is 12.1 Å². The summed E-state index contributed by atoms with van der Waals surface area (Å²) < 4.78 is 0. The van der Waals surface area contributed by atoms with Crippen molar-refractivity contribution < 1.29 is 4.79 Å². The molecule has 2 N–H and O–H groups in total. The summed E-state index contributed by atoms with van der Waals surface area (Å²) in [5.41, 5.74) is 2.97. The molecule has 108 valence electrons. The molecule has 0 saturated carbocycles. The molecule has 2 aliphatic rings. The lowest BCUT2D eigenvalue weighted by molar-refractivity contribution is 0.0934. The molecule has 4 rings (SSSR count). The third-order valence-electron chi connectivity index (χ3n) is 4.27. The summed E-state index contributed by atoms with van der Waals surface area (Å²) in [5, 5.41) is 7.48. The van der Waals surface area contributed by atoms with Crippen molar-refractivity contribution in [3.8, 4) is 0 Å². The number of nitrogens with zero attached hydrogens (tertiary/aromatic N) is 1. The predicted octanol–water partition coefficient (Wildman–Crippen LogP) is 3.12. The van der Waals surface area contributed by atoms with Crippen molar-refractivity contribution in [1.29, 1.82) is 0 Å². The Kier molecular flexibility index (Phi) is 2.96. The number of carbonyl (C=O) groups is 1. The summed E-state index contributed by atoms with van der Waals surface area (Å²) in [4.78, 5) is 18.2. The molecule has 2 aromatic heterocycles. The van der Waals surface area contributed by atoms with Gasteiger partial charge in [-0.2, -0.15) is 0 Å². The molecule has 21 heavy (non-hydrogen) atoms. The van der Waals surface area contributed by atoms with Gasteiger partial charge < -0.3 is 10.6 Å². The smallest absolute Gasteiger partial charge is 0.256 e. The second-order valence-corrected chi connectivity index (χ2v) is 6.97. The van der Waals surface area contributed by atoms with Gasteiger partial charge in [0.15, 0.2) is 0 Å². The van der Waals surface area contributed by atoms with Crippen molar-refractivity contribution in [2.45, 2.75) is 32.4 Å². The van der Waals surface area contributed by atoms with E-state index in [4.69, 9.17) is 0 Å². The molecular formula is C16H17N3OS. The zero-order valence-electron chi connectivity index (χ0n) is 11.8. The van der Waals surface area contributed by atoms with Crippen molar-refractivity contribution in [2.24, 2.45) is 5.92 Å². The normalized spacial score (nSPS) is 23.8. The molecule has 4 nitrogen and oxygen atoms in total. The first-order valence-electron chi connectivity index (χ1n) is 7.35. The van der Waals surface area contributed by atoms with Gasteiger partial charge in [-0.15, -0.1) is 11.3 Å². The van der Waals surface area contributed by atoms with Crippen molar-refractivity contribution in [3.63, 3.8) is 0 Å². The number of pyridine rings is 1. The fourth-order valence-electron chi connectivity index (χ4n) is 3.16. The Bertz CT molecular complexity index is 695. The van der Waals surface area contributed by atoms with Crippen LogP contribution in [0.25, 0.3) is 0 Å². The second kappa shape index (κ2) is 4.84. The Morgan fingerprint density at radius 2 is 2.24 bits per heavy atom. The summed E-state index contributed by atoms with van der Waals surface area (Å²) in [6, 6.07) is 5.75. The Morgan fingerprint density at radius 3 is 3.05 bits per heavy atom. The van der Waals surface area contributed by atoms with Crippen LogP contribution in [0.1, 0.15) is 46.0 Å². The number of fused-ring (bicyclic) bond motifs is 3. The largest absolute Gasteiger partial charge is 0.351 e. The van der Waals surface area contributed by atoms with E-state index >= 15 is 0 Å². The number of rotatable bonds is 1. The first-order chi connectivity index (χ1) is 10.2. The van der Waals surface area contributed by atoms with Gasteiger partial charge in [-0.05, 0) is 42.9 Å². The molecule has 2 atom stereocenters. The van der Waals surface area contributed by atoms with Gasteiger partial charge in [-0.3, -0.25) is 9.78 Å². The molecule has 0 spiro atoms. The Labute approximate surface area is 127 Å². The molecule has 1 aliphatic carbocycles. The summed E-state index contributed by atoms with van der Waals surface area (Å²) in [6.07, 6.45) is 4.80. The van der Waals surface area contributed by atoms with Crippen molar-refractivity contribution >= 4 is 22.2 Å². The van der Waals surface area contributed by atoms with E-state index in [2.05, 4.69) is 22.5 Å². The molecule has 5 heteroatoms. The topological polar surface area (TPSA) is 54.0 Å². The highest BCUT2D eigenvalue weighted by atomic mass is 32.1. The first kappa shape index (κ1) is 12.8. The molecule has 0 radical (unpaired) electrons. The lowest BCUT2D eigenvalue weighted by Gasteiger charge is -2.26. The number of anilines is 1. The van der Waals surface area contributed by atoms with Gasteiger partial charge in [0.1, 0.15) is 11.2 Å². The van der Waals surface area contributed by atoms with Crippen LogP contribution in [0.2, 0.25) is 0 Å². The number of amides is 1. The predicted molar refractivity (Wildman–Crippen MR) is 83.6 cm³/mol. The minimum absolute atomic E-state index is 0.0338. The lowest BCUT2D eigenvalue weighted by atomic mass is 9.88. The van der Waals surface area contributed by atoms with Gasteiger partial charge in [0.05, 0.1) is 11.3 Å². The average molecular weight is 299 g/mol. The van der Waals surface area contributed by atoms with Gasteiger partial charge in [-0.1, -0.05) is 13.0 Å². The van der Waals surface area contributed by atoms with Crippen molar-refractivity contribution in [3.05, 3.63) is 46.1 Å². The molecule has 0 bridgehead atoms. The summed E-state index contributed by atoms with van der Waals surface area (Å²) in [7, 11) is 0. The number of thiophene rings is 1. The molecule has 1 aliphatic heterocycles. The van der Waals surface area contributed by atoms with E-state index in [0.29, 0.717) is 5.92 Å². The van der Waals surface area contributed by atoms with E-state index in [9.17, 15) is 4.79 Å². The monoisotopic (exact) mass is 299 g/mol. The van der Waals surface area contributed by atoms with Crippen LogP contribution in [0.3, 0.4) is 0 Å². The fourth-order valence-corrected chi connectivity index (χ4v) is 4.59. The van der Waals surface area contributed by atoms with Gasteiger partial charge in [0.25, 0.3) is 5.91 Å². The first-order valence-corrected chi connectivity index (χ1v) is 8.17. The van der Waals surface area contributed by atoms with Gasteiger partial charge in [-0.25, -0.2) is 0 Å². The number of aromatic nitrogens is 1. The third-order valence-corrected chi connectivity index (χ3v) is 5.46. The van der Waals surface area contributed by atoms with E-state index < -0.39 is 0 Å².